The van der Waals surface area contributed by atoms with E-state index in [1.54, 1.807) is 4.90 Å². The highest BCUT2D eigenvalue weighted by Gasteiger charge is 2.23. The van der Waals surface area contributed by atoms with E-state index in [0.717, 1.165) is 31.7 Å². The Kier molecular flexibility index (Phi) is 12.1. The molecule has 0 aromatic rings. The summed E-state index contributed by atoms with van der Waals surface area (Å²) < 4.78 is 5.04. The predicted octanol–water partition coefficient (Wildman–Crippen LogP) is 2.64. The smallest absolute Gasteiger partial charge is 0.409 e. The van der Waals surface area contributed by atoms with Gasteiger partial charge in [0.2, 0.25) is 0 Å². The maximum Gasteiger partial charge on any atom is 0.409 e. The maximum atomic E-state index is 11.7. The molecular formula is C19H38IN5O2. The molecule has 7 nitrogen and oxygen atoms in total. The lowest BCUT2D eigenvalue weighted by Gasteiger charge is -2.31. The van der Waals surface area contributed by atoms with Gasteiger partial charge in [0.05, 0.1) is 6.61 Å². The molecule has 1 unspecified atom stereocenters. The van der Waals surface area contributed by atoms with Crippen LogP contribution >= 0.6 is 24.0 Å². The average Bonchev–Trinajstić information content (AvgIpc) is 2.62. The topological polar surface area (TPSA) is 83.2 Å². The Morgan fingerprint density at radius 3 is 2.63 bits per heavy atom. The van der Waals surface area contributed by atoms with E-state index < -0.39 is 0 Å². The van der Waals surface area contributed by atoms with E-state index in [-0.39, 0.29) is 30.1 Å². The number of amides is 1. The zero-order valence-electron chi connectivity index (χ0n) is 17.0. The van der Waals surface area contributed by atoms with Crippen LogP contribution in [0.3, 0.4) is 0 Å². The van der Waals surface area contributed by atoms with Crippen LogP contribution in [-0.4, -0.2) is 73.8 Å². The van der Waals surface area contributed by atoms with Crippen molar-refractivity contribution in [1.29, 1.82) is 0 Å². The minimum absolute atomic E-state index is 0. The monoisotopic (exact) mass is 495 g/mol. The zero-order chi connectivity index (χ0) is 18.8. The number of likely N-dealkylation sites (tertiary alicyclic amines) is 2. The van der Waals surface area contributed by atoms with Crippen LogP contribution in [0.15, 0.2) is 4.99 Å². The summed E-state index contributed by atoms with van der Waals surface area (Å²) in [6, 6.07) is 0.291. The molecule has 158 valence electrons. The molecule has 0 aliphatic carbocycles. The van der Waals surface area contributed by atoms with Gasteiger partial charge in [-0.15, -0.1) is 24.0 Å². The third-order valence-electron chi connectivity index (χ3n) is 5.28. The number of nitrogens with two attached hydrogens (primary N) is 1. The molecule has 2 fully saturated rings. The van der Waals surface area contributed by atoms with Gasteiger partial charge < -0.3 is 25.6 Å². The van der Waals surface area contributed by atoms with Crippen molar-refractivity contribution in [3.05, 3.63) is 0 Å². The summed E-state index contributed by atoms with van der Waals surface area (Å²) in [6.07, 6.45) is 6.52. The summed E-state index contributed by atoms with van der Waals surface area (Å²) in [5.41, 5.74) is 6.01. The molecule has 2 rings (SSSR count). The molecule has 0 aromatic heterocycles. The normalized spacial score (nSPS) is 22.2. The number of hydrogen-bond donors (Lipinski definition) is 2. The minimum Gasteiger partial charge on any atom is -0.450 e. The lowest BCUT2D eigenvalue weighted by molar-refractivity contribution is 0.0963. The fourth-order valence-corrected chi connectivity index (χ4v) is 3.81. The average molecular weight is 495 g/mol. The number of aliphatic imine (C=N–C) groups is 1. The molecule has 2 aliphatic rings. The molecule has 0 aromatic carbocycles. The summed E-state index contributed by atoms with van der Waals surface area (Å²) in [7, 11) is 0. The van der Waals surface area contributed by atoms with Crippen molar-refractivity contribution in [3.8, 4) is 0 Å². The summed E-state index contributed by atoms with van der Waals surface area (Å²) in [5, 5.41) is 3.29. The second kappa shape index (κ2) is 13.4. The molecule has 0 saturated carbocycles. The number of ether oxygens (including phenoxy) is 1. The number of guanidine groups is 1. The van der Waals surface area contributed by atoms with Gasteiger partial charge in [-0.3, -0.25) is 4.99 Å². The Balaban J connectivity index is 0.00000364. The van der Waals surface area contributed by atoms with Crippen LogP contribution in [0.1, 0.15) is 52.4 Å². The summed E-state index contributed by atoms with van der Waals surface area (Å²) in [4.78, 5) is 20.5. The zero-order valence-corrected chi connectivity index (χ0v) is 19.3. The van der Waals surface area contributed by atoms with Crippen LogP contribution in [0.5, 0.6) is 0 Å². The van der Waals surface area contributed by atoms with Crippen molar-refractivity contribution in [2.45, 2.75) is 58.4 Å². The van der Waals surface area contributed by atoms with E-state index in [1.807, 2.05) is 6.92 Å². The van der Waals surface area contributed by atoms with Gasteiger partial charge >= 0.3 is 6.09 Å². The van der Waals surface area contributed by atoms with E-state index in [9.17, 15) is 4.79 Å². The Bertz CT molecular complexity index is 455. The first kappa shape index (κ1) is 24.3. The number of nitrogens with one attached hydrogen (secondary N) is 1. The van der Waals surface area contributed by atoms with Gasteiger partial charge in [-0.25, -0.2) is 4.79 Å². The first-order valence-corrected chi connectivity index (χ1v) is 10.3. The molecule has 2 saturated heterocycles. The van der Waals surface area contributed by atoms with Gasteiger partial charge in [0.1, 0.15) is 0 Å². The second-order valence-corrected chi connectivity index (χ2v) is 7.63. The van der Waals surface area contributed by atoms with Crippen molar-refractivity contribution in [2.75, 3.05) is 45.9 Å². The molecular weight excluding hydrogens is 457 g/mol. The second-order valence-electron chi connectivity index (χ2n) is 7.63. The molecule has 2 heterocycles. The van der Waals surface area contributed by atoms with E-state index in [4.69, 9.17) is 10.5 Å². The Hall–Kier alpha value is -0.770. The van der Waals surface area contributed by atoms with E-state index in [1.165, 1.54) is 38.9 Å². The predicted molar refractivity (Wildman–Crippen MR) is 121 cm³/mol. The van der Waals surface area contributed by atoms with Crippen molar-refractivity contribution >= 4 is 36.0 Å². The van der Waals surface area contributed by atoms with Crippen molar-refractivity contribution in [2.24, 2.45) is 16.6 Å². The number of nitrogens with zero attached hydrogens (tertiary/aromatic N) is 3. The third-order valence-corrected chi connectivity index (χ3v) is 5.28. The number of rotatable bonds is 7. The SMILES string of the molecule is CCOC(=O)N1CCC(NC(N)=NCCCCN2CCCC(C)C2)CC1.I. The number of carbonyl (C=O) groups excluding carboxylic acids is 1. The van der Waals surface area contributed by atoms with Gasteiger partial charge in [0, 0.05) is 32.2 Å². The molecule has 8 heteroatoms. The van der Waals surface area contributed by atoms with Gasteiger partial charge in [-0.2, -0.15) is 0 Å². The lowest BCUT2D eigenvalue weighted by Crippen LogP contribution is -2.48. The minimum atomic E-state index is -0.212. The fraction of sp³-hybridized carbons (Fsp3) is 0.895. The summed E-state index contributed by atoms with van der Waals surface area (Å²) >= 11 is 0. The number of piperidine rings is 2. The molecule has 3 N–H and O–H groups in total. The largest absolute Gasteiger partial charge is 0.450 e. The van der Waals surface area contributed by atoms with Gasteiger partial charge in [-0.1, -0.05) is 6.92 Å². The molecule has 2 aliphatic heterocycles. The molecule has 0 bridgehead atoms. The standard InChI is InChI=1S/C19H37N5O2.HI/c1-3-26-19(25)24-13-8-17(9-14-24)22-18(20)21-10-4-5-11-23-12-6-7-16(2)15-23;/h16-17H,3-15H2,1-2H3,(H3,20,21,22);1H. The van der Waals surface area contributed by atoms with Crippen LogP contribution in [0, 0.1) is 5.92 Å². The van der Waals surface area contributed by atoms with Crippen LogP contribution in [-0.2, 0) is 4.74 Å². The fourth-order valence-electron chi connectivity index (χ4n) is 3.81. The maximum absolute atomic E-state index is 11.7. The van der Waals surface area contributed by atoms with Crippen LogP contribution in [0.4, 0.5) is 4.79 Å². The first-order chi connectivity index (χ1) is 12.6. The van der Waals surface area contributed by atoms with Gasteiger partial charge in [0.25, 0.3) is 0 Å². The van der Waals surface area contributed by atoms with E-state index in [2.05, 4.69) is 22.1 Å². The molecule has 27 heavy (non-hydrogen) atoms. The Morgan fingerprint density at radius 2 is 1.96 bits per heavy atom. The number of hydrogen-bond acceptors (Lipinski definition) is 4. The number of unbranched alkanes of at least 4 members (excludes halogenated alkanes) is 1. The summed E-state index contributed by atoms with van der Waals surface area (Å²) in [6.45, 7) is 10.5. The van der Waals surface area contributed by atoms with Crippen LogP contribution in [0.2, 0.25) is 0 Å². The highest BCUT2D eigenvalue weighted by atomic mass is 127. The van der Waals surface area contributed by atoms with Crippen LogP contribution < -0.4 is 11.1 Å². The van der Waals surface area contributed by atoms with E-state index in [0.29, 0.717) is 31.7 Å². The van der Waals surface area contributed by atoms with Crippen molar-refractivity contribution in [1.82, 2.24) is 15.1 Å². The quantitative estimate of drug-likeness (QED) is 0.246. The van der Waals surface area contributed by atoms with Gasteiger partial charge in [-0.05, 0) is 64.5 Å². The number of carbonyl (C=O) groups is 1. The van der Waals surface area contributed by atoms with E-state index >= 15 is 0 Å². The highest BCUT2D eigenvalue weighted by molar-refractivity contribution is 14.0. The number of halogens is 1. The first-order valence-electron chi connectivity index (χ1n) is 10.3. The molecule has 0 radical (unpaired) electrons. The molecule has 1 atom stereocenters. The Morgan fingerprint density at radius 1 is 1.22 bits per heavy atom. The van der Waals surface area contributed by atoms with Crippen LogP contribution in [0.25, 0.3) is 0 Å². The van der Waals surface area contributed by atoms with Crippen molar-refractivity contribution in [3.63, 3.8) is 0 Å². The highest BCUT2D eigenvalue weighted by Crippen LogP contribution is 2.15. The Labute approximate surface area is 181 Å². The molecule has 1 amide bonds. The van der Waals surface area contributed by atoms with Crippen molar-refractivity contribution < 1.29 is 9.53 Å². The van der Waals surface area contributed by atoms with Gasteiger partial charge in [0.15, 0.2) is 5.96 Å². The third kappa shape index (κ3) is 9.32. The summed E-state index contributed by atoms with van der Waals surface area (Å²) in [5.74, 6) is 1.38. The molecule has 0 spiro atoms. The lowest BCUT2D eigenvalue weighted by atomic mass is 10.0.